The molecule has 3 aromatic rings. The predicted molar refractivity (Wildman–Crippen MR) is 120 cm³/mol. The Kier molecular flexibility index (Phi) is 5.43. The summed E-state index contributed by atoms with van der Waals surface area (Å²) in [6.45, 7) is 0.0498. The van der Waals surface area contributed by atoms with E-state index in [0.717, 1.165) is 9.91 Å². The van der Waals surface area contributed by atoms with Crippen LogP contribution in [0, 0.1) is 0 Å². The average Bonchev–Trinajstić information content (AvgIpc) is 3.46. The molecule has 170 valence electrons. The Morgan fingerprint density at radius 2 is 1.50 bits per heavy atom. The molecule has 9 heteroatoms. The fraction of sp³-hybridized carbons (Fsp3) is 0.120. The number of nitrogens with zero attached hydrogens (tertiary/aromatic N) is 2. The number of carbonyl (C=O) groups excluding carboxylic acids is 4. The molecule has 3 aromatic carbocycles. The van der Waals surface area contributed by atoms with Gasteiger partial charge in [0.2, 0.25) is 12.7 Å². The van der Waals surface area contributed by atoms with E-state index in [4.69, 9.17) is 9.47 Å². The first-order chi connectivity index (χ1) is 16.5. The Bertz CT molecular complexity index is 1280. The van der Waals surface area contributed by atoms with E-state index in [1.807, 2.05) is 0 Å². The summed E-state index contributed by atoms with van der Waals surface area (Å²) in [6, 6.07) is 20.0. The van der Waals surface area contributed by atoms with Gasteiger partial charge in [0.25, 0.3) is 17.7 Å². The van der Waals surface area contributed by atoms with E-state index in [9.17, 15) is 19.2 Å². The molecule has 1 fully saturated rings. The number of nitrogens with one attached hydrogen (secondary N) is 1. The van der Waals surface area contributed by atoms with E-state index in [-0.39, 0.29) is 18.8 Å². The van der Waals surface area contributed by atoms with Gasteiger partial charge in [0.1, 0.15) is 6.04 Å². The molecule has 2 aliphatic rings. The number of carbonyl (C=O) groups is 4. The van der Waals surface area contributed by atoms with Crippen molar-refractivity contribution in [3.8, 4) is 11.5 Å². The number of amides is 4. The molecular formula is C25H19N3O6. The van der Waals surface area contributed by atoms with E-state index in [1.165, 1.54) is 6.07 Å². The Morgan fingerprint density at radius 1 is 0.853 bits per heavy atom. The first-order valence-corrected chi connectivity index (χ1v) is 10.5. The van der Waals surface area contributed by atoms with Gasteiger partial charge in [0.15, 0.2) is 11.5 Å². The van der Waals surface area contributed by atoms with Gasteiger partial charge in [-0.3, -0.25) is 24.6 Å². The van der Waals surface area contributed by atoms with Gasteiger partial charge in [-0.25, -0.2) is 9.91 Å². The molecule has 9 nitrogen and oxygen atoms in total. The highest BCUT2D eigenvalue weighted by Crippen LogP contribution is 2.37. The topological polar surface area (TPSA) is 105 Å². The molecule has 0 spiro atoms. The molecule has 1 saturated heterocycles. The number of rotatable bonds is 4. The highest BCUT2D eigenvalue weighted by atomic mass is 16.7. The van der Waals surface area contributed by atoms with Gasteiger partial charge >= 0.3 is 0 Å². The predicted octanol–water partition coefficient (Wildman–Crippen LogP) is 2.53. The van der Waals surface area contributed by atoms with Crippen LogP contribution in [0.3, 0.4) is 0 Å². The molecule has 34 heavy (non-hydrogen) atoms. The second-order valence-corrected chi connectivity index (χ2v) is 7.67. The number of fused-ring (bicyclic) bond motifs is 1. The van der Waals surface area contributed by atoms with E-state index >= 15 is 0 Å². The summed E-state index contributed by atoms with van der Waals surface area (Å²) in [4.78, 5) is 53.5. The normalized spacial score (nSPS) is 16.5. The molecular weight excluding hydrogens is 438 g/mol. The number of hydrogen-bond acceptors (Lipinski definition) is 6. The molecule has 2 heterocycles. The quantitative estimate of drug-likeness (QED) is 0.477. The third-order valence-corrected chi connectivity index (χ3v) is 5.55. The molecule has 0 radical (unpaired) electrons. The van der Waals surface area contributed by atoms with Crippen molar-refractivity contribution >= 4 is 29.3 Å². The summed E-state index contributed by atoms with van der Waals surface area (Å²) in [5.41, 5.74) is 3.40. The van der Waals surface area contributed by atoms with Crippen LogP contribution in [0.4, 0.5) is 5.69 Å². The van der Waals surface area contributed by atoms with Crippen LogP contribution in [-0.2, 0) is 9.59 Å². The van der Waals surface area contributed by atoms with Crippen LogP contribution >= 0.6 is 0 Å². The third-order valence-electron chi connectivity index (χ3n) is 5.55. The smallest absolute Gasteiger partial charge is 0.273 e. The van der Waals surface area contributed by atoms with Crippen LogP contribution < -0.4 is 19.8 Å². The Balaban J connectivity index is 1.47. The molecule has 1 N–H and O–H groups in total. The van der Waals surface area contributed by atoms with Gasteiger partial charge in [0.05, 0.1) is 12.1 Å². The lowest BCUT2D eigenvalue weighted by molar-refractivity contribution is -0.122. The fourth-order valence-electron chi connectivity index (χ4n) is 3.87. The standard InChI is InChI=1S/C25H19N3O6/c29-22-14-19(25(32)27(22)18-11-12-20-21(13-18)34-15-33-20)28(24(31)17-9-5-2-6-10-17)26-23(30)16-7-3-1-4-8-16/h1-13,19H,14-15H2,(H,26,30). The number of hydrazine groups is 1. The van der Waals surface area contributed by atoms with E-state index in [0.29, 0.717) is 22.7 Å². The van der Waals surface area contributed by atoms with Gasteiger partial charge < -0.3 is 9.47 Å². The molecule has 0 saturated carbocycles. The van der Waals surface area contributed by atoms with Crippen molar-refractivity contribution < 1.29 is 28.7 Å². The first-order valence-electron chi connectivity index (χ1n) is 10.5. The van der Waals surface area contributed by atoms with E-state index in [1.54, 1.807) is 72.8 Å². The van der Waals surface area contributed by atoms with Gasteiger partial charge in [-0.05, 0) is 36.4 Å². The van der Waals surface area contributed by atoms with Gasteiger partial charge in [-0.2, -0.15) is 0 Å². The molecule has 1 atom stereocenters. The lowest BCUT2D eigenvalue weighted by Gasteiger charge is -2.28. The zero-order valence-electron chi connectivity index (χ0n) is 17.8. The number of anilines is 1. The monoisotopic (exact) mass is 457 g/mol. The number of benzene rings is 3. The van der Waals surface area contributed by atoms with Gasteiger partial charge in [-0.15, -0.1) is 0 Å². The fourth-order valence-corrected chi connectivity index (χ4v) is 3.87. The largest absolute Gasteiger partial charge is 0.454 e. The minimum absolute atomic E-state index is 0.0498. The Morgan fingerprint density at radius 3 is 2.21 bits per heavy atom. The lowest BCUT2D eigenvalue weighted by Crippen LogP contribution is -2.54. The minimum atomic E-state index is -1.22. The second kappa shape index (κ2) is 8.70. The molecule has 2 aliphatic heterocycles. The van der Waals surface area contributed by atoms with Crippen LogP contribution in [0.25, 0.3) is 0 Å². The molecule has 0 aliphatic carbocycles. The molecule has 0 bridgehead atoms. The summed E-state index contributed by atoms with van der Waals surface area (Å²) in [5, 5.41) is 0.942. The minimum Gasteiger partial charge on any atom is -0.454 e. The van der Waals surface area contributed by atoms with Crippen LogP contribution in [0.2, 0.25) is 0 Å². The average molecular weight is 457 g/mol. The summed E-state index contributed by atoms with van der Waals surface area (Å²) in [7, 11) is 0. The van der Waals surface area contributed by atoms with Crippen molar-refractivity contribution in [2.75, 3.05) is 11.7 Å². The second-order valence-electron chi connectivity index (χ2n) is 7.67. The third kappa shape index (κ3) is 3.83. The maximum Gasteiger partial charge on any atom is 0.273 e. The van der Waals surface area contributed by atoms with E-state index in [2.05, 4.69) is 5.43 Å². The van der Waals surface area contributed by atoms with Crippen LogP contribution in [0.1, 0.15) is 27.1 Å². The van der Waals surface area contributed by atoms with Crippen molar-refractivity contribution in [1.82, 2.24) is 10.4 Å². The molecule has 1 unspecified atom stereocenters. The van der Waals surface area contributed by atoms with E-state index < -0.39 is 29.7 Å². The Labute approximate surface area is 194 Å². The van der Waals surface area contributed by atoms with Crippen molar-refractivity contribution in [2.24, 2.45) is 0 Å². The summed E-state index contributed by atoms with van der Waals surface area (Å²) >= 11 is 0. The SMILES string of the molecule is O=C(NN(C(=O)c1ccccc1)C1CC(=O)N(c2ccc3c(c2)OCO3)C1=O)c1ccccc1. The van der Waals surface area contributed by atoms with Crippen LogP contribution in [-0.4, -0.2) is 41.5 Å². The van der Waals surface area contributed by atoms with Gasteiger partial charge in [0, 0.05) is 17.2 Å². The van der Waals surface area contributed by atoms with Crippen molar-refractivity contribution in [2.45, 2.75) is 12.5 Å². The molecule has 4 amide bonds. The van der Waals surface area contributed by atoms with Crippen molar-refractivity contribution in [3.05, 3.63) is 90.0 Å². The zero-order chi connectivity index (χ0) is 23.7. The lowest BCUT2D eigenvalue weighted by atomic mass is 10.1. The van der Waals surface area contributed by atoms with Crippen molar-refractivity contribution in [1.29, 1.82) is 0 Å². The zero-order valence-corrected chi connectivity index (χ0v) is 17.8. The number of imide groups is 1. The number of hydrogen-bond donors (Lipinski definition) is 1. The highest BCUT2D eigenvalue weighted by Gasteiger charge is 2.45. The van der Waals surface area contributed by atoms with Crippen LogP contribution in [0.5, 0.6) is 11.5 Å². The molecule has 5 rings (SSSR count). The van der Waals surface area contributed by atoms with Gasteiger partial charge in [-0.1, -0.05) is 36.4 Å². The molecule has 0 aromatic heterocycles. The number of ether oxygens (including phenoxy) is 2. The maximum absolute atomic E-state index is 13.4. The highest BCUT2D eigenvalue weighted by molar-refractivity contribution is 6.23. The maximum atomic E-state index is 13.4. The summed E-state index contributed by atoms with van der Waals surface area (Å²) in [5.74, 6) is -1.41. The summed E-state index contributed by atoms with van der Waals surface area (Å²) in [6.07, 6.45) is -0.291. The van der Waals surface area contributed by atoms with Crippen molar-refractivity contribution in [3.63, 3.8) is 0 Å². The first kappa shape index (κ1) is 21.2. The van der Waals surface area contributed by atoms with Crippen LogP contribution in [0.15, 0.2) is 78.9 Å². The summed E-state index contributed by atoms with van der Waals surface area (Å²) < 4.78 is 10.6. The Hall–Kier alpha value is -4.66.